The van der Waals surface area contributed by atoms with Crippen LogP contribution in [0.4, 0.5) is 0 Å². The van der Waals surface area contributed by atoms with Crippen LogP contribution in [0.3, 0.4) is 0 Å². The second-order valence-electron chi connectivity index (χ2n) is 9.13. The Morgan fingerprint density at radius 1 is 1.14 bits per heavy atom. The summed E-state index contributed by atoms with van der Waals surface area (Å²) in [6.07, 6.45) is 6.15. The van der Waals surface area contributed by atoms with Gasteiger partial charge in [0.1, 0.15) is 23.4 Å². The molecule has 3 aromatic rings. The Kier molecular flexibility index (Phi) is 8.21. The standard InChI is InChI=1S/C24H31ClN6O4S/c1-15-8-5-6-10-19(15)31-20(29-30-24(31)18-9-7-11-21(28-18)34-3)14-36(32,33)16(2)22(35-4)23-26-12-17(25)13-27-23/h7,9,11-13,15-16,19,22H,5-6,8,10,14H2,1-4H3/t15-,16-,19+,22-/m0/s1. The van der Waals surface area contributed by atoms with Crippen LogP contribution in [0.2, 0.25) is 5.02 Å². The van der Waals surface area contributed by atoms with Crippen LogP contribution in [0, 0.1) is 5.92 Å². The molecule has 0 amide bonds. The summed E-state index contributed by atoms with van der Waals surface area (Å²) in [5, 5.41) is 8.19. The molecule has 0 saturated heterocycles. The van der Waals surface area contributed by atoms with Gasteiger partial charge in [0, 0.05) is 31.6 Å². The largest absolute Gasteiger partial charge is 0.481 e. The molecule has 3 heterocycles. The molecule has 0 unspecified atom stereocenters. The fraction of sp³-hybridized carbons (Fsp3) is 0.542. The highest BCUT2D eigenvalue weighted by molar-refractivity contribution is 7.91. The van der Waals surface area contributed by atoms with Gasteiger partial charge in [-0.05, 0) is 31.7 Å². The van der Waals surface area contributed by atoms with E-state index >= 15 is 0 Å². The predicted octanol–water partition coefficient (Wildman–Crippen LogP) is 4.23. The number of aromatic nitrogens is 6. The maximum Gasteiger partial charge on any atom is 0.213 e. The van der Waals surface area contributed by atoms with E-state index in [0.717, 1.165) is 25.7 Å². The molecule has 4 atom stereocenters. The van der Waals surface area contributed by atoms with Crippen molar-refractivity contribution in [1.82, 2.24) is 29.7 Å². The number of pyridine rings is 1. The zero-order chi connectivity index (χ0) is 25.9. The SMILES string of the molecule is COc1cccc(-c2nnc(CS(=O)(=O)[C@@H](C)[C@H](OC)c3ncc(Cl)cn3)n2[C@@H]2CCCC[C@@H]2C)n1. The molecule has 10 nitrogen and oxygen atoms in total. The molecule has 1 fully saturated rings. The van der Waals surface area contributed by atoms with Gasteiger partial charge < -0.3 is 14.0 Å². The molecule has 0 aromatic carbocycles. The Morgan fingerprint density at radius 3 is 2.53 bits per heavy atom. The van der Waals surface area contributed by atoms with Gasteiger partial charge in [0.2, 0.25) is 5.88 Å². The normalized spacial score (nSPS) is 20.1. The van der Waals surface area contributed by atoms with Gasteiger partial charge in [-0.1, -0.05) is 37.4 Å². The van der Waals surface area contributed by atoms with E-state index in [1.807, 2.05) is 16.7 Å². The van der Waals surface area contributed by atoms with E-state index in [0.29, 0.717) is 34.2 Å². The summed E-state index contributed by atoms with van der Waals surface area (Å²) in [7, 11) is -0.760. The van der Waals surface area contributed by atoms with Crippen LogP contribution in [0.25, 0.3) is 11.5 Å². The fourth-order valence-corrected chi connectivity index (χ4v) is 6.28. The van der Waals surface area contributed by atoms with Crippen LogP contribution < -0.4 is 4.74 Å². The zero-order valence-corrected chi connectivity index (χ0v) is 22.4. The molecule has 194 valence electrons. The van der Waals surface area contributed by atoms with E-state index in [2.05, 4.69) is 32.1 Å². The lowest BCUT2D eigenvalue weighted by molar-refractivity contribution is 0.0948. The molecular weight excluding hydrogens is 504 g/mol. The van der Waals surface area contributed by atoms with Crippen molar-refractivity contribution in [2.45, 2.75) is 62.7 Å². The maximum absolute atomic E-state index is 13.6. The van der Waals surface area contributed by atoms with Crippen molar-refractivity contribution in [3.8, 4) is 17.4 Å². The van der Waals surface area contributed by atoms with Crippen LogP contribution in [0.1, 0.15) is 63.3 Å². The van der Waals surface area contributed by atoms with Gasteiger partial charge in [0.05, 0.1) is 17.4 Å². The van der Waals surface area contributed by atoms with Gasteiger partial charge >= 0.3 is 0 Å². The highest BCUT2D eigenvalue weighted by Gasteiger charge is 2.36. The lowest BCUT2D eigenvalue weighted by Crippen LogP contribution is -2.31. The first-order chi connectivity index (χ1) is 17.2. The maximum atomic E-state index is 13.6. The first-order valence-corrected chi connectivity index (χ1v) is 14.0. The van der Waals surface area contributed by atoms with Crippen LogP contribution in [-0.2, 0) is 20.3 Å². The van der Waals surface area contributed by atoms with E-state index in [9.17, 15) is 8.42 Å². The average molecular weight is 535 g/mol. The van der Waals surface area contributed by atoms with Crippen LogP contribution >= 0.6 is 11.6 Å². The minimum atomic E-state index is -3.75. The third-order valence-electron chi connectivity index (χ3n) is 6.80. The Morgan fingerprint density at radius 2 is 1.86 bits per heavy atom. The van der Waals surface area contributed by atoms with Crippen LogP contribution in [0.15, 0.2) is 30.6 Å². The number of sulfone groups is 1. The molecule has 0 spiro atoms. The summed E-state index contributed by atoms with van der Waals surface area (Å²) in [5.74, 6) is 1.66. The molecule has 1 saturated carbocycles. The number of methoxy groups -OCH3 is 2. The van der Waals surface area contributed by atoms with Crippen molar-refractivity contribution >= 4 is 21.4 Å². The second kappa shape index (κ2) is 11.2. The topological polar surface area (TPSA) is 122 Å². The molecule has 36 heavy (non-hydrogen) atoms. The number of ether oxygens (including phenoxy) is 2. The van der Waals surface area contributed by atoms with E-state index < -0.39 is 21.2 Å². The summed E-state index contributed by atoms with van der Waals surface area (Å²) < 4.78 is 40.0. The average Bonchev–Trinajstić information content (AvgIpc) is 3.28. The van der Waals surface area contributed by atoms with Crippen molar-refractivity contribution in [2.75, 3.05) is 14.2 Å². The van der Waals surface area contributed by atoms with Gasteiger partial charge in [-0.2, -0.15) is 0 Å². The van der Waals surface area contributed by atoms with E-state index in [-0.39, 0.29) is 17.6 Å². The first kappa shape index (κ1) is 26.4. The smallest absolute Gasteiger partial charge is 0.213 e. The second-order valence-corrected chi connectivity index (χ2v) is 11.9. The minimum absolute atomic E-state index is 0.0649. The lowest BCUT2D eigenvalue weighted by atomic mass is 9.85. The lowest BCUT2D eigenvalue weighted by Gasteiger charge is -2.32. The third kappa shape index (κ3) is 5.52. The van der Waals surface area contributed by atoms with E-state index in [1.165, 1.54) is 19.5 Å². The molecular formula is C24H31ClN6O4S. The van der Waals surface area contributed by atoms with Gasteiger partial charge in [-0.25, -0.2) is 23.4 Å². The van der Waals surface area contributed by atoms with Crippen LogP contribution in [-0.4, -0.2) is 57.6 Å². The zero-order valence-electron chi connectivity index (χ0n) is 20.8. The van der Waals surface area contributed by atoms with Gasteiger partial charge in [-0.3, -0.25) is 0 Å². The number of hydrogen-bond donors (Lipinski definition) is 0. The Hall–Kier alpha value is -2.63. The number of rotatable bonds is 9. The molecule has 0 aliphatic heterocycles. The van der Waals surface area contributed by atoms with Gasteiger partial charge in [-0.15, -0.1) is 10.2 Å². The van der Waals surface area contributed by atoms with Crippen molar-refractivity contribution < 1.29 is 17.9 Å². The summed E-state index contributed by atoms with van der Waals surface area (Å²) in [6.45, 7) is 3.78. The van der Waals surface area contributed by atoms with E-state index in [4.69, 9.17) is 21.1 Å². The molecule has 3 aromatic heterocycles. The van der Waals surface area contributed by atoms with Crippen LogP contribution in [0.5, 0.6) is 5.88 Å². The number of halogens is 1. The predicted molar refractivity (Wildman–Crippen MR) is 135 cm³/mol. The molecule has 12 heteroatoms. The fourth-order valence-electron chi connectivity index (χ4n) is 4.75. The quantitative estimate of drug-likeness (QED) is 0.396. The van der Waals surface area contributed by atoms with Crippen molar-refractivity contribution in [3.05, 3.63) is 47.3 Å². The molecule has 1 aliphatic carbocycles. The summed E-state index contributed by atoms with van der Waals surface area (Å²) in [4.78, 5) is 12.9. The van der Waals surface area contributed by atoms with Crippen molar-refractivity contribution in [1.29, 1.82) is 0 Å². The van der Waals surface area contributed by atoms with Crippen molar-refractivity contribution in [2.24, 2.45) is 5.92 Å². The Labute approximate surface area is 216 Å². The monoisotopic (exact) mass is 534 g/mol. The molecule has 0 N–H and O–H groups in total. The molecule has 0 radical (unpaired) electrons. The first-order valence-electron chi connectivity index (χ1n) is 11.9. The Bertz CT molecular complexity index is 1280. The van der Waals surface area contributed by atoms with Gasteiger partial charge in [0.15, 0.2) is 21.5 Å². The van der Waals surface area contributed by atoms with Crippen molar-refractivity contribution in [3.63, 3.8) is 0 Å². The number of nitrogens with zero attached hydrogens (tertiary/aromatic N) is 6. The van der Waals surface area contributed by atoms with E-state index in [1.54, 1.807) is 20.1 Å². The minimum Gasteiger partial charge on any atom is -0.481 e. The third-order valence-corrected chi connectivity index (χ3v) is 9.03. The molecule has 4 rings (SSSR count). The molecule has 0 bridgehead atoms. The number of hydrogen-bond acceptors (Lipinski definition) is 9. The summed E-state index contributed by atoms with van der Waals surface area (Å²) in [6, 6.07) is 5.48. The summed E-state index contributed by atoms with van der Waals surface area (Å²) in [5.41, 5.74) is 0.584. The molecule has 1 aliphatic rings. The van der Waals surface area contributed by atoms with Gasteiger partial charge in [0.25, 0.3) is 0 Å². The summed E-state index contributed by atoms with van der Waals surface area (Å²) >= 11 is 5.90. The Balaban J connectivity index is 1.72. The highest BCUT2D eigenvalue weighted by atomic mass is 35.5. The highest BCUT2D eigenvalue weighted by Crippen LogP contribution is 2.37.